The van der Waals surface area contributed by atoms with E-state index in [0.29, 0.717) is 10.9 Å². The molecule has 3 rings (SSSR count). The first-order chi connectivity index (χ1) is 11.5. The van der Waals surface area contributed by atoms with E-state index in [9.17, 15) is 4.79 Å². The van der Waals surface area contributed by atoms with Crippen molar-refractivity contribution >= 4 is 17.7 Å². The number of fused-ring (bicyclic) bond motifs is 1. The molecule has 1 atom stereocenters. The van der Waals surface area contributed by atoms with E-state index in [0.717, 1.165) is 17.1 Å². The maximum absolute atomic E-state index is 12.1. The molecule has 8 heteroatoms. The van der Waals surface area contributed by atoms with Crippen molar-refractivity contribution in [1.29, 1.82) is 0 Å². The van der Waals surface area contributed by atoms with Crippen LogP contribution in [0.2, 0.25) is 0 Å². The highest BCUT2D eigenvalue weighted by Crippen LogP contribution is 2.34. The zero-order valence-corrected chi connectivity index (χ0v) is 14.6. The first-order valence-corrected chi connectivity index (χ1v) is 8.75. The first-order valence-electron chi connectivity index (χ1n) is 7.77. The highest BCUT2D eigenvalue weighted by molar-refractivity contribution is 7.99. The molecule has 1 aromatic heterocycles. The molecule has 2 aromatic rings. The second kappa shape index (κ2) is 7.12. The topological polar surface area (TPSA) is 89.1 Å². The standard InChI is InChI=1S/C16H20N4O3S/c1-9(2)15-18-16(20-19-15)24-7-14(21)17-10(3)11-4-5-12-13(6-11)23-8-22-12/h4-6,9-10H,7-8H2,1-3H3,(H,17,21)(H,18,19,20)/t10-/m1/s1. The van der Waals surface area contributed by atoms with Crippen LogP contribution in [0.25, 0.3) is 0 Å². The monoisotopic (exact) mass is 348 g/mol. The van der Waals surface area contributed by atoms with Crippen LogP contribution in [0.3, 0.4) is 0 Å². The van der Waals surface area contributed by atoms with Crippen LogP contribution in [0.4, 0.5) is 0 Å². The van der Waals surface area contributed by atoms with Crippen LogP contribution < -0.4 is 14.8 Å². The summed E-state index contributed by atoms with van der Waals surface area (Å²) in [6.07, 6.45) is 0. The third kappa shape index (κ3) is 3.81. The van der Waals surface area contributed by atoms with Gasteiger partial charge in [0.2, 0.25) is 17.9 Å². The molecular formula is C16H20N4O3S. The molecule has 2 N–H and O–H groups in total. The van der Waals surface area contributed by atoms with Gasteiger partial charge >= 0.3 is 0 Å². The Hall–Kier alpha value is -2.22. The minimum Gasteiger partial charge on any atom is -0.454 e. The maximum Gasteiger partial charge on any atom is 0.231 e. The average Bonchev–Trinajstić information content (AvgIpc) is 3.21. The number of rotatable bonds is 6. The third-order valence-corrected chi connectivity index (χ3v) is 4.48. The largest absolute Gasteiger partial charge is 0.454 e. The number of carbonyl (C=O) groups is 1. The number of hydrogen-bond acceptors (Lipinski definition) is 6. The molecule has 0 bridgehead atoms. The van der Waals surface area contributed by atoms with Crippen molar-refractivity contribution in [2.75, 3.05) is 12.5 Å². The summed E-state index contributed by atoms with van der Waals surface area (Å²) in [4.78, 5) is 16.5. The zero-order valence-electron chi connectivity index (χ0n) is 13.8. The smallest absolute Gasteiger partial charge is 0.231 e. The number of amides is 1. The molecule has 1 aliphatic rings. The molecule has 1 aromatic carbocycles. The quantitative estimate of drug-likeness (QED) is 0.780. The predicted octanol–water partition coefficient (Wildman–Crippen LogP) is 2.63. The van der Waals surface area contributed by atoms with Gasteiger partial charge in [0, 0.05) is 5.92 Å². The van der Waals surface area contributed by atoms with Crippen molar-refractivity contribution in [2.24, 2.45) is 0 Å². The number of nitrogens with one attached hydrogen (secondary N) is 2. The Kier molecular flexibility index (Phi) is 4.94. The summed E-state index contributed by atoms with van der Waals surface area (Å²) < 4.78 is 10.7. The van der Waals surface area contributed by atoms with E-state index in [1.807, 2.05) is 39.0 Å². The van der Waals surface area contributed by atoms with Crippen LogP contribution >= 0.6 is 11.8 Å². The van der Waals surface area contributed by atoms with E-state index < -0.39 is 0 Å². The van der Waals surface area contributed by atoms with Gasteiger partial charge in [-0.15, -0.1) is 5.10 Å². The molecule has 0 radical (unpaired) electrons. The summed E-state index contributed by atoms with van der Waals surface area (Å²) >= 11 is 1.31. The van der Waals surface area contributed by atoms with Crippen molar-refractivity contribution in [3.8, 4) is 11.5 Å². The highest BCUT2D eigenvalue weighted by Gasteiger charge is 2.17. The summed E-state index contributed by atoms with van der Waals surface area (Å²) in [6.45, 7) is 6.25. The third-order valence-electron chi connectivity index (χ3n) is 3.64. The molecule has 2 heterocycles. The highest BCUT2D eigenvalue weighted by atomic mass is 32.2. The second-order valence-electron chi connectivity index (χ2n) is 5.85. The van der Waals surface area contributed by atoms with E-state index in [-0.39, 0.29) is 30.4 Å². The van der Waals surface area contributed by atoms with E-state index in [2.05, 4.69) is 20.5 Å². The lowest BCUT2D eigenvalue weighted by molar-refractivity contribution is -0.119. The van der Waals surface area contributed by atoms with Gasteiger partial charge in [0.05, 0.1) is 11.8 Å². The van der Waals surface area contributed by atoms with Crippen LogP contribution in [-0.2, 0) is 4.79 Å². The normalized spacial score (nSPS) is 14.0. The molecule has 0 saturated carbocycles. The van der Waals surface area contributed by atoms with Gasteiger partial charge in [0.25, 0.3) is 0 Å². The number of benzene rings is 1. The second-order valence-corrected chi connectivity index (χ2v) is 6.79. The summed E-state index contributed by atoms with van der Waals surface area (Å²) in [6, 6.07) is 5.56. The van der Waals surface area contributed by atoms with E-state index in [1.165, 1.54) is 11.8 Å². The van der Waals surface area contributed by atoms with Crippen LogP contribution in [0.5, 0.6) is 11.5 Å². The average molecular weight is 348 g/mol. The Balaban J connectivity index is 1.52. The number of ether oxygens (including phenoxy) is 2. The Labute approximate surface area is 144 Å². The summed E-state index contributed by atoms with van der Waals surface area (Å²) in [5.41, 5.74) is 0.970. The number of thioether (sulfide) groups is 1. The number of carbonyl (C=O) groups excluding carboxylic acids is 1. The molecule has 0 unspecified atom stereocenters. The molecule has 0 spiro atoms. The molecule has 24 heavy (non-hydrogen) atoms. The van der Waals surface area contributed by atoms with Crippen molar-refractivity contribution in [3.05, 3.63) is 29.6 Å². The van der Waals surface area contributed by atoms with Crippen molar-refractivity contribution in [3.63, 3.8) is 0 Å². The van der Waals surface area contributed by atoms with Crippen molar-refractivity contribution in [1.82, 2.24) is 20.5 Å². The van der Waals surface area contributed by atoms with E-state index in [1.54, 1.807) is 0 Å². The van der Waals surface area contributed by atoms with Gasteiger partial charge in [-0.05, 0) is 24.6 Å². The minimum atomic E-state index is -0.119. The molecule has 0 aliphatic carbocycles. The Morgan fingerprint density at radius 1 is 1.33 bits per heavy atom. The molecule has 0 saturated heterocycles. The van der Waals surface area contributed by atoms with E-state index >= 15 is 0 Å². The molecule has 1 aliphatic heterocycles. The SMILES string of the molecule is CC(C)c1nc(SCC(=O)N[C@H](C)c2ccc3c(c2)OCO3)n[nH]1. The van der Waals surface area contributed by atoms with E-state index in [4.69, 9.17) is 9.47 Å². The molecule has 1 amide bonds. The van der Waals surface area contributed by atoms with Crippen LogP contribution in [0.1, 0.15) is 44.1 Å². The zero-order chi connectivity index (χ0) is 17.1. The summed E-state index contributed by atoms with van der Waals surface area (Å²) in [5.74, 6) is 2.76. The van der Waals surface area contributed by atoms with Gasteiger partial charge < -0.3 is 14.8 Å². The number of nitrogens with zero attached hydrogens (tertiary/aromatic N) is 2. The Morgan fingerprint density at radius 3 is 2.88 bits per heavy atom. The van der Waals surface area contributed by atoms with Gasteiger partial charge in [-0.1, -0.05) is 31.7 Å². The fourth-order valence-corrected chi connectivity index (χ4v) is 2.88. The minimum absolute atomic E-state index is 0.0685. The molecule has 0 fully saturated rings. The number of hydrogen-bond donors (Lipinski definition) is 2. The van der Waals surface area contributed by atoms with Gasteiger partial charge in [-0.25, -0.2) is 4.98 Å². The van der Waals surface area contributed by atoms with Crippen LogP contribution in [-0.4, -0.2) is 33.6 Å². The molecule has 7 nitrogen and oxygen atoms in total. The summed E-state index contributed by atoms with van der Waals surface area (Å²) in [7, 11) is 0. The molecule has 128 valence electrons. The fraction of sp³-hybridized carbons (Fsp3) is 0.438. The number of H-pyrrole nitrogens is 1. The van der Waals surface area contributed by atoms with Gasteiger partial charge in [-0.3, -0.25) is 9.89 Å². The predicted molar refractivity (Wildman–Crippen MR) is 90.3 cm³/mol. The maximum atomic E-state index is 12.1. The number of aromatic amines is 1. The van der Waals surface area contributed by atoms with Gasteiger partial charge in [0.1, 0.15) is 5.82 Å². The van der Waals surface area contributed by atoms with Crippen LogP contribution in [0.15, 0.2) is 23.4 Å². The van der Waals surface area contributed by atoms with Crippen LogP contribution in [0, 0.1) is 0 Å². The molecular weight excluding hydrogens is 328 g/mol. The fourth-order valence-electron chi connectivity index (χ4n) is 2.26. The lowest BCUT2D eigenvalue weighted by atomic mass is 10.1. The summed E-state index contributed by atoms with van der Waals surface area (Å²) in [5, 5.41) is 10.5. The van der Waals surface area contributed by atoms with Gasteiger partial charge in [0.15, 0.2) is 11.5 Å². The lowest BCUT2D eigenvalue weighted by Crippen LogP contribution is -2.28. The van der Waals surface area contributed by atoms with Crippen molar-refractivity contribution in [2.45, 2.75) is 37.9 Å². The van der Waals surface area contributed by atoms with Gasteiger partial charge in [-0.2, -0.15) is 0 Å². The van der Waals surface area contributed by atoms with Crippen molar-refractivity contribution < 1.29 is 14.3 Å². The Bertz CT molecular complexity index is 732. The first kappa shape index (κ1) is 16.6. The Morgan fingerprint density at radius 2 is 2.12 bits per heavy atom. The number of aromatic nitrogens is 3. The lowest BCUT2D eigenvalue weighted by Gasteiger charge is -2.14.